The van der Waals surface area contributed by atoms with Crippen molar-refractivity contribution in [3.05, 3.63) is 23.9 Å². The molecule has 0 bridgehead atoms. The van der Waals surface area contributed by atoms with Gasteiger partial charge in [-0.25, -0.2) is 13.8 Å². The fourth-order valence-electron chi connectivity index (χ4n) is 1.13. The number of pyridine rings is 1. The third-order valence-electron chi connectivity index (χ3n) is 1.88. The van der Waals surface area contributed by atoms with Crippen LogP contribution in [0.25, 0.3) is 0 Å². The SMILES string of the molecule is CC(Cl)CCCNc1ncc(F)cc1F. The zero-order valence-electron chi connectivity index (χ0n) is 8.43. The Morgan fingerprint density at radius 3 is 2.87 bits per heavy atom. The molecule has 2 nitrogen and oxygen atoms in total. The third-order valence-corrected chi connectivity index (χ3v) is 2.10. The number of halogens is 3. The highest BCUT2D eigenvalue weighted by molar-refractivity contribution is 6.20. The molecule has 0 aromatic carbocycles. The molecule has 0 saturated carbocycles. The van der Waals surface area contributed by atoms with Crippen molar-refractivity contribution >= 4 is 17.4 Å². The van der Waals surface area contributed by atoms with Crippen molar-refractivity contribution in [3.63, 3.8) is 0 Å². The largest absolute Gasteiger partial charge is 0.368 e. The fourth-order valence-corrected chi connectivity index (χ4v) is 1.29. The van der Waals surface area contributed by atoms with E-state index in [1.807, 2.05) is 6.92 Å². The topological polar surface area (TPSA) is 24.9 Å². The molecule has 0 saturated heterocycles. The molecule has 84 valence electrons. The molecule has 1 atom stereocenters. The normalized spacial score (nSPS) is 12.5. The summed E-state index contributed by atoms with van der Waals surface area (Å²) in [4.78, 5) is 3.60. The van der Waals surface area contributed by atoms with Gasteiger partial charge >= 0.3 is 0 Å². The van der Waals surface area contributed by atoms with Crippen molar-refractivity contribution in [2.24, 2.45) is 0 Å². The summed E-state index contributed by atoms with van der Waals surface area (Å²) < 4.78 is 25.5. The average Bonchev–Trinajstić information content (AvgIpc) is 2.14. The second-order valence-corrected chi connectivity index (χ2v) is 4.08. The van der Waals surface area contributed by atoms with Crippen LogP contribution in [0, 0.1) is 11.6 Å². The predicted octanol–water partition coefficient (Wildman–Crippen LogP) is 3.18. The monoisotopic (exact) mass is 234 g/mol. The molecular weight excluding hydrogens is 222 g/mol. The van der Waals surface area contributed by atoms with Crippen molar-refractivity contribution in [3.8, 4) is 0 Å². The molecule has 0 aliphatic rings. The van der Waals surface area contributed by atoms with Crippen molar-refractivity contribution in [2.45, 2.75) is 25.1 Å². The predicted molar refractivity (Wildman–Crippen MR) is 57.2 cm³/mol. The van der Waals surface area contributed by atoms with E-state index in [1.54, 1.807) is 0 Å². The second kappa shape index (κ2) is 5.85. The second-order valence-electron chi connectivity index (χ2n) is 3.33. The lowest BCUT2D eigenvalue weighted by Gasteiger charge is -2.06. The maximum Gasteiger partial charge on any atom is 0.168 e. The lowest BCUT2D eigenvalue weighted by atomic mass is 10.2. The molecule has 1 N–H and O–H groups in total. The van der Waals surface area contributed by atoms with Gasteiger partial charge in [0, 0.05) is 18.0 Å². The molecule has 1 heterocycles. The van der Waals surface area contributed by atoms with E-state index in [0.29, 0.717) is 6.54 Å². The maximum absolute atomic E-state index is 13.0. The van der Waals surface area contributed by atoms with Gasteiger partial charge in [-0.2, -0.15) is 0 Å². The van der Waals surface area contributed by atoms with Crippen LogP contribution in [0.1, 0.15) is 19.8 Å². The van der Waals surface area contributed by atoms with Crippen LogP contribution in [-0.4, -0.2) is 16.9 Å². The minimum absolute atomic E-state index is 0.0821. The van der Waals surface area contributed by atoms with Gasteiger partial charge in [-0.15, -0.1) is 11.6 Å². The van der Waals surface area contributed by atoms with Gasteiger partial charge in [-0.1, -0.05) is 0 Å². The zero-order chi connectivity index (χ0) is 11.3. The van der Waals surface area contributed by atoms with Crippen LogP contribution in [0.2, 0.25) is 0 Å². The molecule has 0 radical (unpaired) electrons. The van der Waals surface area contributed by atoms with Crippen LogP contribution in [0.5, 0.6) is 0 Å². The molecule has 0 spiro atoms. The minimum Gasteiger partial charge on any atom is -0.368 e. The Balaban J connectivity index is 2.37. The van der Waals surface area contributed by atoms with Crippen molar-refractivity contribution in [1.29, 1.82) is 0 Å². The smallest absolute Gasteiger partial charge is 0.168 e. The Morgan fingerprint density at radius 2 is 2.27 bits per heavy atom. The quantitative estimate of drug-likeness (QED) is 0.625. The van der Waals surface area contributed by atoms with Gasteiger partial charge in [0.25, 0.3) is 0 Å². The summed E-state index contributed by atoms with van der Waals surface area (Å²) in [5, 5.41) is 2.89. The Labute approximate surface area is 92.7 Å². The minimum atomic E-state index is -0.674. The van der Waals surface area contributed by atoms with Gasteiger partial charge in [0.1, 0.15) is 5.82 Å². The number of alkyl halides is 1. The van der Waals surface area contributed by atoms with Crippen LogP contribution in [-0.2, 0) is 0 Å². The van der Waals surface area contributed by atoms with Crippen molar-refractivity contribution in [1.82, 2.24) is 4.98 Å². The summed E-state index contributed by atoms with van der Waals surface area (Å²) in [6, 6.07) is 0.805. The molecule has 0 aliphatic heterocycles. The first-order valence-corrected chi connectivity index (χ1v) is 5.22. The fraction of sp³-hybridized carbons (Fsp3) is 0.500. The number of hydrogen-bond acceptors (Lipinski definition) is 2. The molecule has 15 heavy (non-hydrogen) atoms. The van der Waals surface area contributed by atoms with Gasteiger partial charge in [0.15, 0.2) is 11.6 Å². The first kappa shape index (κ1) is 12.2. The lowest BCUT2D eigenvalue weighted by Crippen LogP contribution is -2.07. The van der Waals surface area contributed by atoms with E-state index < -0.39 is 11.6 Å². The van der Waals surface area contributed by atoms with Crippen molar-refractivity contribution < 1.29 is 8.78 Å². The van der Waals surface area contributed by atoms with E-state index in [-0.39, 0.29) is 11.2 Å². The van der Waals surface area contributed by atoms with E-state index in [2.05, 4.69) is 10.3 Å². The lowest BCUT2D eigenvalue weighted by molar-refractivity contribution is 0.575. The molecule has 0 aliphatic carbocycles. The van der Waals surface area contributed by atoms with E-state index in [4.69, 9.17) is 11.6 Å². The highest BCUT2D eigenvalue weighted by atomic mass is 35.5. The molecule has 1 rings (SSSR count). The number of hydrogen-bond donors (Lipinski definition) is 1. The molecule has 1 unspecified atom stereocenters. The highest BCUT2D eigenvalue weighted by Gasteiger charge is 2.04. The van der Waals surface area contributed by atoms with E-state index in [9.17, 15) is 8.78 Å². The van der Waals surface area contributed by atoms with Gasteiger partial charge in [0.2, 0.25) is 0 Å². The number of rotatable bonds is 5. The Hall–Kier alpha value is -0.900. The van der Waals surface area contributed by atoms with Gasteiger partial charge < -0.3 is 5.32 Å². The van der Waals surface area contributed by atoms with E-state index in [0.717, 1.165) is 25.1 Å². The summed E-state index contributed by atoms with van der Waals surface area (Å²) >= 11 is 5.74. The first-order valence-electron chi connectivity index (χ1n) is 4.78. The Morgan fingerprint density at radius 1 is 1.53 bits per heavy atom. The summed E-state index contributed by atoms with van der Waals surface area (Å²) in [5.74, 6) is -1.26. The third kappa shape index (κ3) is 4.42. The Bertz CT molecular complexity index is 318. The maximum atomic E-state index is 13.0. The number of nitrogens with one attached hydrogen (secondary N) is 1. The molecule has 1 aromatic heterocycles. The van der Waals surface area contributed by atoms with Crippen LogP contribution in [0.15, 0.2) is 12.3 Å². The molecule has 0 fully saturated rings. The van der Waals surface area contributed by atoms with Crippen LogP contribution < -0.4 is 5.32 Å². The molecule has 5 heteroatoms. The molecule has 1 aromatic rings. The number of aromatic nitrogens is 1. The molecular formula is C10H13ClF2N2. The van der Waals surface area contributed by atoms with Crippen molar-refractivity contribution in [2.75, 3.05) is 11.9 Å². The molecule has 0 amide bonds. The summed E-state index contributed by atoms with van der Waals surface area (Å²) in [6.45, 7) is 2.48. The van der Waals surface area contributed by atoms with Crippen LogP contribution >= 0.6 is 11.6 Å². The van der Waals surface area contributed by atoms with Gasteiger partial charge in [0.05, 0.1) is 6.20 Å². The Kier molecular flexibility index (Phi) is 4.75. The standard InChI is InChI=1S/C10H13ClF2N2/c1-7(11)3-2-4-14-10-9(13)5-8(12)6-15-10/h5-7H,2-4H2,1H3,(H,14,15). The summed E-state index contributed by atoms with van der Waals surface area (Å²) in [7, 11) is 0. The van der Waals surface area contributed by atoms with E-state index in [1.165, 1.54) is 0 Å². The van der Waals surface area contributed by atoms with Gasteiger partial charge in [-0.3, -0.25) is 0 Å². The average molecular weight is 235 g/mol. The van der Waals surface area contributed by atoms with E-state index >= 15 is 0 Å². The first-order chi connectivity index (χ1) is 7.09. The highest BCUT2D eigenvalue weighted by Crippen LogP contribution is 2.11. The number of nitrogens with zero attached hydrogens (tertiary/aromatic N) is 1. The zero-order valence-corrected chi connectivity index (χ0v) is 9.19. The van der Waals surface area contributed by atoms with Crippen LogP contribution in [0.4, 0.5) is 14.6 Å². The number of anilines is 1. The summed E-state index contributed by atoms with van der Waals surface area (Å²) in [6.07, 6.45) is 2.65. The summed E-state index contributed by atoms with van der Waals surface area (Å²) in [5.41, 5.74) is 0. The van der Waals surface area contributed by atoms with Crippen LogP contribution in [0.3, 0.4) is 0 Å². The van der Waals surface area contributed by atoms with Gasteiger partial charge in [-0.05, 0) is 19.8 Å².